The van der Waals surface area contributed by atoms with Crippen molar-refractivity contribution in [2.75, 3.05) is 10.6 Å². The van der Waals surface area contributed by atoms with E-state index in [0.29, 0.717) is 15.6 Å². The number of benzene rings is 2. The molecule has 2 N–H and O–H groups in total. The van der Waals surface area contributed by atoms with Crippen LogP contribution >= 0.6 is 23.2 Å². The molecule has 0 heterocycles. The molecule has 4 nitrogen and oxygen atoms in total. The molecule has 0 aliphatic heterocycles. The molecule has 9 heteroatoms. The summed E-state index contributed by atoms with van der Waals surface area (Å²) in [6.45, 7) is 1.17. The lowest BCUT2D eigenvalue weighted by atomic mass is 10.1. The van der Waals surface area contributed by atoms with Crippen LogP contribution in [-0.4, -0.2) is 11.8 Å². The fraction of sp³-hybridized carbons (Fsp3) is 0.111. The van der Waals surface area contributed by atoms with Crippen LogP contribution in [-0.2, 0) is 15.8 Å². The summed E-state index contributed by atoms with van der Waals surface area (Å²) in [5.41, 5.74) is -1.21. The molecule has 0 saturated carbocycles. The van der Waals surface area contributed by atoms with E-state index in [1.165, 1.54) is 19.1 Å². The molecule has 27 heavy (non-hydrogen) atoms. The Kier molecular flexibility index (Phi) is 6.51. The third-order valence-corrected chi connectivity index (χ3v) is 3.96. The highest BCUT2D eigenvalue weighted by Crippen LogP contribution is 2.36. The Morgan fingerprint density at radius 1 is 1.04 bits per heavy atom. The molecule has 2 aromatic carbocycles. The van der Waals surface area contributed by atoms with Gasteiger partial charge in [-0.05, 0) is 36.4 Å². The summed E-state index contributed by atoms with van der Waals surface area (Å²) in [5, 5.41) is 5.01. The molecule has 0 fully saturated rings. The number of halogens is 5. The molecule has 0 saturated heterocycles. The normalized spacial score (nSPS) is 11.5. The SMILES string of the molecule is CC(=O)Nc1ccc(NC(=O)/C=C/c2c(Cl)cccc2Cl)c(C(F)(F)F)c1. The molecular formula is C18H13Cl2F3N2O2. The number of hydrogen-bond acceptors (Lipinski definition) is 2. The van der Waals surface area contributed by atoms with Gasteiger partial charge in [-0.2, -0.15) is 13.2 Å². The minimum absolute atomic E-state index is 0.0359. The van der Waals surface area contributed by atoms with Crippen molar-refractivity contribution < 1.29 is 22.8 Å². The minimum atomic E-state index is -4.73. The van der Waals surface area contributed by atoms with Crippen LogP contribution in [0.3, 0.4) is 0 Å². The average Bonchev–Trinajstić information content (AvgIpc) is 2.54. The van der Waals surface area contributed by atoms with Gasteiger partial charge in [-0.1, -0.05) is 29.3 Å². The minimum Gasteiger partial charge on any atom is -0.326 e. The molecule has 0 spiro atoms. The van der Waals surface area contributed by atoms with Gasteiger partial charge in [0, 0.05) is 34.3 Å². The van der Waals surface area contributed by atoms with Crippen LogP contribution in [0.25, 0.3) is 6.08 Å². The summed E-state index contributed by atoms with van der Waals surface area (Å²) in [6.07, 6.45) is -2.40. The molecule has 2 rings (SSSR count). The van der Waals surface area contributed by atoms with Gasteiger partial charge in [0.2, 0.25) is 11.8 Å². The zero-order valence-electron chi connectivity index (χ0n) is 13.8. The number of amides is 2. The first-order valence-electron chi connectivity index (χ1n) is 7.50. The first-order valence-corrected chi connectivity index (χ1v) is 8.25. The lowest BCUT2D eigenvalue weighted by molar-refractivity contribution is -0.137. The van der Waals surface area contributed by atoms with E-state index < -0.39 is 29.2 Å². The largest absolute Gasteiger partial charge is 0.418 e. The van der Waals surface area contributed by atoms with Crippen molar-refractivity contribution in [2.45, 2.75) is 13.1 Å². The maximum Gasteiger partial charge on any atom is 0.418 e. The van der Waals surface area contributed by atoms with Crippen molar-refractivity contribution in [3.63, 3.8) is 0 Å². The third kappa shape index (κ3) is 5.74. The zero-order valence-corrected chi connectivity index (χ0v) is 15.3. The Bertz CT molecular complexity index is 892. The second-order valence-electron chi connectivity index (χ2n) is 5.40. The number of nitrogens with one attached hydrogen (secondary N) is 2. The van der Waals surface area contributed by atoms with Crippen LogP contribution in [0.1, 0.15) is 18.1 Å². The Labute approximate surface area is 163 Å². The van der Waals surface area contributed by atoms with E-state index in [1.807, 2.05) is 0 Å². The maximum absolute atomic E-state index is 13.3. The summed E-state index contributed by atoms with van der Waals surface area (Å²) in [7, 11) is 0. The average molecular weight is 417 g/mol. The van der Waals surface area contributed by atoms with Gasteiger partial charge in [-0.25, -0.2) is 0 Å². The van der Waals surface area contributed by atoms with Crippen molar-refractivity contribution >= 4 is 52.5 Å². The van der Waals surface area contributed by atoms with E-state index in [1.54, 1.807) is 18.2 Å². The van der Waals surface area contributed by atoms with Crippen LogP contribution < -0.4 is 10.6 Å². The van der Waals surface area contributed by atoms with Gasteiger partial charge in [-0.15, -0.1) is 0 Å². The lowest BCUT2D eigenvalue weighted by Gasteiger charge is -2.15. The molecule has 0 bridgehead atoms. The topological polar surface area (TPSA) is 58.2 Å². The number of alkyl halides is 3. The summed E-state index contributed by atoms with van der Waals surface area (Å²) >= 11 is 11.9. The monoisotopic (exact) mass is 416 g/mol. The number of carbonyl (C=O) groups is 2. The van der Waals surface area contributed by atoms with Gasteiger partial charge in [0.1, 0.15) is 0 Å². The number of rotatable bonds is 4. The van der Waals surface area contributed by atoms with Crippen molar-refractivity contribution in [1.29, 1.82) is 0 Å². The number of carbonyl (C=O) groups excluding carboxylic acids is 2. The molecule has 0 aliphatic rings. The van der Waals surface area contributed by atoms with Crippen molar-refractivity contribution in [3.8, 4) is 0 Å². The predicted molar refractivity (Wildman–Crippen MR) is 99.9 cm³/mol. The first kappa shape index (κ1) is 20.8. The van der Waals surface area contributed by atoms with Crippen LogP contribution in [0.2, 0.25) is 10.0 Å². The molecule has 2 aromatic rings. The summed E-state index contributed by atoms with van der Waals surface area (Å²) in [5.74, 6) is -1.32. The zero-order chi connectivity index (χ0) is 20.2. The smallest absolute Gasteiger partial charge is 0.326 e. The van der Waals surface area contributed by atoms with E-state index in [-0.39, 0.29) is 5.69 Å². The molecule has 0 aliphatic carbocycles. The molecule has 0 atom stereocenters. The molecule has 2 amide bonds. The first-order chi connectivity index (χ1) is 12.6. The van der Waals surface area contributed by atoms with Crippen LogP contribution in [0, 0.1) is 0 Å². The number of hydrogen-bond donors (Lipinski definition) is 2. The lowest BCUT2D eigenvalue weighted by Crippen LogP contribution is -2.16. The van der Waals surface area contributed by atoms with E-state index in [2.05, 4.69) is 10.6 Å². The van der Waals surface area contributed by atoms with Crippen LogP contribution in [0.4, 0.5) is 24.5 Å². The summed E-state index contributed by atoms with van der Waals surface area (Å²) in [4.78, 5) is 23.0. The van der Waals surface area contributed by atoms with Gasteiger partial charge < -0.3 is 10.6 Å². The van der Waals surface area contributed by atoms with E-state index >= 15 is 0 Å². The molecule has 142 valence electrons. The van der Waals surface area contributed by atoms with Crippen molar-refractivity contribution in [2.24, 2.45) is 0 Å². The van der Waals surface area contributed by atoms with E-state index in [4.69, 9.17) is 23.2 Å². The highest BCUT2D eigenvalue weighted by Gasteiger charge is 2.34. The number of anilines is 2. The molecule has 0 radical (unpaired) electrons. The Morgan fingerprint density at radius 2 is 1.67 bits per heavy atom. The van der Waals surface area contributed by atoms with Gasteiger partial charge in [0.25, 0.3) is 0 Å². The molecule has 0 aromatic heterocycles. The Morgan fingerprint density at radius 3 is 2.22 bits per heavy atom. The van der Waals surface area contributed by atoms with Gasteiger partial charge >= 0.3 is 6.18 Å². The van der Waals surface area contributed by atoms with Gasteiger partial charge in [0.05, 0.1) is 11.3 Å². The van der Waals surface area contributed by atoms with Gasteiger partial charge in [0.15, 0.2) is 0 Å². The second-order valence-corrected chi connectivity index (χ2v) is 6.21. The van der Waals surface area contributed by atoms with Crippen LogP contribution in [0.15, 0.2) is 42.5 Å². The van der Waals surface area contributed by atoms with Crippen molar-refractivity contribution in [3.05, 3.63) is 63.6 Å². The fourth-order valence-electron chi connectivity index (χ4n) is 2.17. The van der Waals surface area contributed by atoms with Crippen molar-refractivity contribution in [1.82, 2.24) is 0 Å². The third-order valence-electron chi connectivity index (χ3n) is 3.30. The standard InChI is InChI=1S/C18H13Cl2F3N2O2/c1-10(26)24-11-5-7-16(13(9-11)18(21,22)23)25-17(27)8-6-12-14(19)3-2-4-15(12)20/h2-9H,1H3,(H,24,26)(H,25,27)/b8-6+. The summed E-state index contributed by atoms with van der Waals surface area (Å²) in [6, 6.07) is 7.80. The molecule has 0 unspecified atom stereocenters. The van der Waals surface area contributed by atoms with E-state index in [9.17, 15) is 22.8 Å². The Balaban J connectivity index is 2.26. The van der Waals surface area contributed by atoms with Gasteiger partial charge in [-0.3, -0.25) is 9.59 Å². The molecular weight excluding hydrogens is 404 g/mol. The highest BCUT2D eigenvalue weighted by molar-refractivity contribution is 6.37. The maximum atomic E-state index is 13.3. The quantitative estimate of drug-likeness (QED) is 0.635. The second kappa shape index (κ2) is 8.45. The van der Waals surface area contributed by atoms with E-state index in [0.717, 1.165) is 18.2 Å². The fourth-order valence-corrected chi connectivity index (χ4v) is 2.70. The predicted octanol–water partition coefficient (Wildman–Crippen LogP) is 5.62. The summed E-state index contributed by atoms with van der Waals surface area (Å²) < 4.78 is 39.8. The Hall–Kier alpha value is -2.51. The highest BCUT2D eigenvalue weighted by atomic mass is 35.5. The van der Waals surface area contributed by atoms with Crippen LogP contribution in [0.5, 0.6) is 0 Å².